The third kappa shape index (κ3) is 3.68. The van der Waals surface area contributed by atoms with E-state index in [-0.39, 0.29) is 0 Å². The summed E-state index contributed by atoms with van der Waals surface area (Å²) in [4.78, 5) is 3.98. The SMILES string of the molecule is CC(F)CCNc1ncc(Cl)cc1Cl. The predicted octanol–water partition coefficient (Wildman–Crippen LogP) is 3.55. The van der Waals surface area contributed by atoms with E-state index in [0.717, 1.165) is 0 Å². The summed E-state index contributed by atoms with van der Waals surface area (Å²) in [7, 11) is 0. The van der Waals surface area contributed by atoms with Crippen LogP contribution in [-0.4, -0.2) is 17.7 Å². The second-order valence-corrected chi connectivity index (χ2v) is 3.82. The highest BCUT2D eigenvalue weighted by Crippen LogP contribution is 2.22. The Morgan fingerprint density at radius 1 is 1.57 bits per heavy atom. The molecule has 78 valence electrons. The lowest BCUT2D eigenvalue weighted by Crippen LogP contribution is -2.08. The fraction of sp³-hybridized carbons (Fsp3) is 0.444. The van der Waals surface area contributed by atoms with E-state index in [2.05, 4.69) is 10.3 Å². The Morgan fingerprint density at radius 2 is 2.29 bits per heavy atom. The number of aromatic nitrogens is 1. The standard InChI is InChI=1S/C9H11Cl2FN2/c1-6(12)2-3-13-9-8(11)4-7(10)5-14-9/h4-6H,2-3H2,1H3,(H,13,14). The van der Waals surface area contributed by atoms with Gasteiger partial charge in [0.05, 0.1) is 16.2 Å². The van der Waals surface area contributed by atoms with Crippen molar-refractivity contribution in [3.05, 3.63) is 22.3 Å². The van der Waals surface area contributed by atoms with Crippen LogP contribution in [0.25, 0.3) is 0 Å². The number of nitrogens with one attached hydrogen (secondary N) is 1. The van der Waals surface area contributed by atoms with Crippen LogP contribution in [0, 0.1) is 0 Å². The van der Waals surface area contributed by atoms with Gasteiger partial charge in [-0.05, 0) is 19.4 Å². The molecule has 1 aromatic heterocycles. The van der Waals surface area contributed by atoms with Crippen molar-refractivity contribution in [3.63, 3.8) is 0 Å². The minimum absolute atomic E-state index is 0.431. The van der Waals surface area contributed by atoms with Crippen LogP contribution >= 0.6 is 23.2 Å². The van der Waals surface area contributed by atoms with Gasteiger partial charge >= 0.3 is 0 Å². The van der Waals surface area contributed by atoms with E-state index in [9.17, 15) is 4.39 Å². The lowest BCUT2D eigenvalue weighted by Gasteiger charge is -2.07. The molecule has 1 atom stereocenters. The molecular weight excluding hydrogens is 226 g/mol. The summed E-state index contributed by atoms with van der Waals surface area (Å²) >= 11 is 11.5. The fourth-order valence-corrected chi connectivity index (χ4v) is 1.38. The summed E-state index contributed by atoms with van der Waals surface area (Å²) in [5, 5.41) is 3.86. The van der Waals surface area contributed by atoms with Gasteiger partial charge in [-0.1, -0.05) is 23.2 Å². The smallest absolute Gasteiger partial charge is 0.144 e. The van der Waals surface area contributed by atoms with E-state index in [1.807, 2.05) is 0 Å². The van der Waals surface area contributed by atoms with Crippen molar-refractivity contribution in [2.24, 2.45) is 0 Å². The summed E-state index contributed by atoms with van der Waals surface area (Å²) in [6, 6.07) is 1.59. The van der Waals surface area contributed by atoms with Gasteiger partial charge in [0.1, 0.15) is 5.82 Å². The molecule has 0 aliphatic heterocycles. The maximum atomic E-state index is 12.5. The highest BCUT2D eigenvalue weighted by Gasteiger charge is 2.03. The van der Waals surface area contributed by atoms with Crippen LogP contribution in [-0.2, 0) is 0 Å². The Hall–Kier alpha value is -0.540. The number of hydrogen-bond acceptors (Lipinski definition) is 2. The Balaban J connectivity index is 2.51. The number of halogens is 3. The van der Waals surface area contributed by atoms with Crippen molar-refractivity contribution in [1.82, 2.24) is 4.98 Å². The second kappa shape index (κ2) is 5.37. The van der Waals surface area contributed by atoms with Gasteiger partial charge < -0.3 is 5.32 Å². The summed E-state index contributed by atoms with van der Waals surface area (Å²) < 4.78 is 12.5. The molecule has 1 aromatic rings. The van der Waals surface area contributed by atoms with E-state index in [4.69, 9.17) is 23.2 Å². The van der Waals surface area contributed by atoms with Gasteiger partial charge in [-0.25, -0.2) is 9.37 Å². The molecule has 0 amide bonds. The van der Waals surface area contributed by atoms with Crippen LogP contribution in [0.5, 0.6) is 0 Å². The average molecular weight is 237 g/mol. The van der Waals surface area contributed by atoms with Crippen molar-refractivity contribution < 1.29 is 4.39 Å². The zero-order valence-corrected chi connectivity index (χ0v) is 9.24. The third-order valence-electron chi connectivity index (χ3n) is 1.64. The molecule has 0 aliphatic carbocycles. The summed E-state index contributed by atoms with van der Waals surface area (Å²) in [5.74, 6) is 0.539. The van der Waals surface area contributed by atoms with Gasteiger partial charge in [-0.3, -0.25) is 0 Å². The maximum Gasteiger partial charge on any atom is 0.144 e. The van der Waals surface area contributed by atoms with E-state index >= 15 is 0 Å². The van der Waals surface area contributed by atoms with Crippen molar-refractivity contribution in [3.8, 4) is 0 Å². The minimum Gasteiger partial charge on any atom is -0.369 e. The van der Waals surface area contributed by atoms with E-state index in [1.54, 1.807) is 6.07 Å². The molecule has 0 radical (unpaired) electrons. The fourth-order valence-electron chi connectivity index (χ4n) is 0.934. The molecular formula is C9H11Cl2FN2. The normalized spacial score (nSPS) is 12.6. The Bertz CT molecular complexity index is 305. The van der Waals surface area contributed by atoms with Gasteiger partial charge in [-0.15, -0.1) is 0 Å². The van der Waals surface area contributed by atoms with Crippen LogP contribution in [0.2, 0.25) is 10.0 Å². The average Bonchev–Trinajstić information content (AvgIpc) is 2.08. The van der Waals surface area contributed by atoms with E-state index in [1.165, 1.54) is 13.1 Å². The molecule has 0 bridgehead atoms. The molecule has 1 N–H and O–H groups in total. The van der Waals surface area contributed by atoms with E-state index < -0.39 is 6.17 Å². The molecule has 14 heavy (non-hydrogen) atoms. The lowest BCUT2D eigenvalue weighted by molar-refractivity contribution is 0.348. The molecule has 0 aliphatic rings. The number of alkyl halides is 1. The topological polar surface area (TPSA) is 24.9 Å². The number of pyridine rings is 1. The minimum atomic E-state index is -0.825. The van der Waals surface area contributed by atoms with Crippen molar-refractivity contribution in [2.75, 3.05) is 11.9 Å². The van der Waals surface area contributed by atoms with Crippen LogP contribution in [0.4, 0.5) is 10.2 Å². The van der Waals surface area contributed by atoms with Crippen LogP contribution in [0.15, 0.2) is 12.3 Å². The van der Waals surface area contributed by atoms with Crippen molar-refractivity contribution in [2.45, 2.75) is 19.5 Å². The zero-order chi connectivity index (χ0) is 10.6. The first-order chi connectivity index (χ1) is 6.59. The molecule has 5 heteroatoms. The molecule has 1 heterocycles. The summed E-state index contributed by atoms with van der Waals surface area (Å²) in [5.41, 5.74) is 0. The van der Waals surface area contributed by atoms with Gasteiger partial charge in [0.2, 0.25) is 0 Å². The predicted molar refractivity (Wildman–Crippen MR) is 57.9 cm³/mol. The molecule has 0 saturated carbocycles. The van der Waals surface area contributed by atoms with Gasteiger partial charge in [0.15, 0.2) is 0 Å². The molecule has 0 saturated heterocycles. The van der Waals surface area contributed by atoms with Crippen molar-refractivity contribution >= 4 is 29.0 Å². The molecule has 1 rings (SSSR count). The first kappa shape index (κ1) is 11.5. The first-order valence-corrected chi connectivity index (χ1v) is 5.04. The highest BCUT2D eigenvalue weighted by atomic mass is 35.5. The Kier molecular flexibility index (Phi) is 4.42. The van der Waals surface area contributed by atoms with Crippen LogP contribution in [0.1, 0.15) is 13.3 Å². The lowest BCUT2D eigenvalue weighted by atomic mass is 10.3. The quantitative estimate of drug-likeness (QED) is 0.866. The van der Waals surface area contributed by atoms with Gasteiger partial charge in [0, 0.05) is 12.7 Å². The van der Waals surface area contributed by atoms with Crippen LogP contribution < -0.4 is 5.32 Å². The Morgan fingerprint density at radius 3 is 2.86 bits per heavy atom. The van der Waals surface area contributed by atoms with Gasteiger partial charge in [0.25, 0.3) is 0 Å². The molecule has 2 nitrogen and oxygen atoms in total. The van der Waals surface area contributed by atoms with Crippen molar-refractivity contribution in [1.29, 1.82) is 0 Å². The Labute approximate surface area is 92.4 Å². The number of anilines is 1. The molecule has 1 unspecified atom stereocenters. The number of hydrogen-bond donors (Lipinski definition) is 1. The molecule has 0 aromatic carbocycles. The molecule has 0 spiro atoms. The van der Waals surface area contributed by atoms with Gasteiger partial charge in [-0.2, -0.15) is 0 Å². The van der Waals surface area contributed by atoms with E-state index in [0.29, 0.717) is 28.8 Å². The number of nitrogens with zero attached hydrogens (tertiary/aromatic N) is 1. The maximum absolute atomic E-state index is 12.5. The number of rotatable bonds is 4. The second-order valence-electron chi connectivity index (χ2n) is 2.98. The molecule has 0 fully saturated rings. The summed E-state index contributed by atoms with van der Waals surface area (Å²) in [6.45, 7) is 2.02. The first-order valence-electron chi connectivity index (χ1n) is 4.28. The monoisotopic (exact) mass is 236 g/mol. The third-order valence-corrected chi connectivity index (χ3v) is 2.14. The highest BCUT2D eigenvalue weighted by molar-refractivity contribution is 6.35. The zero-order valence-electron chi connectivity index (χ0n) is 7.73. The summed E-state index contributed by atoms with van der Waals surface area (Å²) in [6.07, 6.45) is 1.10. The largest absolute Gasteiger partial charge is 0.369 e. The van der Waals surface area contributed by atoms with Crippen LogP contribution in [0.3, 0.4) is 0 Å².